The Kier molecular flexibility index (Phi) is 5.21. The van der Waals surface area contributed by atoms with Crippen molar-refractivity contribution in [2.75, 3.05) is 0 Å². The summed E-state index contributed by atoms with van der Waals surface area (Å²) in [5.74, 6) is 0. The molecule has 0 saturated carbocycles. The molecule has 0 spiro atoms. The summed E-state index contributed by atoms with van der Waals surface area (Å²) in [5.41, 5.74) is 0.397. The van der Waals surface area contributed by atoms with Crippen LogP contribution in [0.5, 0.6) is 0 Å². The molecule has 0 aliphatic carbocycles. The average molecular weight is 289 g/mol. The van der Waals surface area contributed by atoms with Crippen LogP contribution in [0, 0.1) is 0 Å². The molecule has 0 radical (unpaired) electrons. The van der Waals surface area contributed by atoms with Crippen molar-refractivity contribution in [3.05, 3.63) is 36.4 Å². The number of aryl methyl sites for hydroxylation is 1. The second kappa shape index (κ2) is 6.24. The Bertz CT molecular complexity index is 563. The van der Waals surface area contributed by atoms with Gasteiger partial charge in [0.15, 0.2) is 0 Å². The van der Waals surface area contributed by atoms with Crippen molar-refractivity contribution in [2.24, 2.45) is 0 Å². The maximum absolute atomic E-state index is 11.2. The van der Waals surface area contributed by atoms with E-state index >= 15 is 0 Å². The smallest absolute Gasteiger partial charge is 0.294 e. The Morgan fingerprint density at radius 2 is 2.11 bits per heavy atom. The molecule has 1 N–H and O–H groups in total. The summed E-state index contributed by atoms with van der Waals surface area (Å²) in [6.07, 6.45) is 3.51. The monoisotopic (exact) mass is 289 g/mol. The van der Waals surface area contributed by atoms with Gasteiger partial charge >= 0.3 is 0 Å². The van der Waals surface area contributed by atoms with Crippen LogP contribution in [0.15, 0.2) is 40.6 Å². The highest BCUT2D eigenvalue weighted by atomic mass is 32.2. The van der Waals surface area contributed by atoms with Gasteiger partial charge in [-0.05, 0) is 48.0 Å². The quantitative estimate of drug-likeness (QED) is 0.372. The highest BCUT2D eigenvalue weighted by molar-refractivity contribution is 7.86. The molecule has 1 rings (SSSR count). The minimum Gasteiger partial charge on any atom is -0.768 e. The van der Waals surface area contributed by atoms with Gasteiger partial charge in [-0.15, -0.1) is 6.58 Å². The second-order valence-electron chi connectivity index (χ2n) is 3.66. The maximum Gasteiger partial charge on any atom is 0.294 e. The predicted octanol–water partition coefficient (Wildman–Crippen LogP) is 1.68. The molecule has 0 heterocycles. The summed E-state index contributed by atoms with van der Waals surface area (Å²) in [5, 5.41) is 0. The first-order valence-electron chi connectivity index (χ1n) is 5.17. The summed E-state index contributed by atoms with van der Waals surface area (Å²) in [4.78, 5) is -0.525. The summed E-state index contributed by atoms with van der Waals surface area (Å²) >= 11 is -2.53. The van der Waals surface area contributed by atoms with Crippen LogP contribution in [0.3, 0.4) is 0 Å². The Balaban J connectivity index is 3.17. The third-order valence-electron chi connectivity index (χ3n) is 2.36. The van der Waals surface area contributed by atoms with Crippen molar-refractivity contribution in [1.82, 2.24) is 0 Å². The fourth-order valence-electron chi connectivity index (χ4n) is 1.52. The van der Waals surface area contributed by atoms with Gasteiger partial charge in [0, 0.05) is 4.90 Å². The van der Waals surface area contributed by atoms with E-state index in [1.165, 1.54) is 12.1 Å². The van der Waals surface area contributed by atoms with Crippen molar-refractivity contribution < 1.29 is 21.7 Å². The van der Waals surface area contributed by atoms with Gasteiger partial charge in [-0.25, -0.2) is 0 Å². The molecule has 0 fully saturated rings. The topological polar surface area (TPSA) is 94.5 Å². The molecular formula is C11H13O5S2-. The molecule has 1 atom stereocenters. The van der Waals surface area contributed by atoms with Gasteiger partial charge in [-0.3, -0.25) is 8.76 Å². The third-order valence-corrected chi connectivity index (χ3v) is 3.94. The van der Waals surface area contributed by atoms with E-state index in [0.717, 1.165) is 6.07 Å². The fourth-order valence-corrected chi connectivity index (χ4v) is 2.77. The zero-order valence-corrected chi connectivity index (χ0v) is 11.2. The van der Waals surface area contributed by atoms with Crippen LogP contribution in [0.1, 0.15) is 18.4 Å². The van der Waals surface area contributed by atoms with Crippen LogP contribution in [-0.2, 0) is 27.6 Å². The Hall–Kier alpha value is -1.02. The lowest BCUT2D eigenvalue weighted by Gasteiger charge is -2.10. The molecule has 1 aromatic carbocycles. The van der Waals surface area contributed by atoms with Crippen molar-refractivity contribution >= 4 is 21.2 Å². The number of hydrogen-bond donors (Lipinski definition) is 1. The fraction of sp³-hybridized carbons (Fsp3) is 0.273. The molecule has 0 amide bonds. The van der Waals surface area contributed by atoms with Crippen molar-refractivity contribution in [3.63, 3.8) is 0 Å². The molecular weight excluding hydrogens is 276 g/mol. The van der Waals surface area contributed by atoms with Crippen LogP contribution >= 0.6 is 0 Å². The van der Waals surface area contributed by atoms with Gasteiger partial charge in [-0.1, -0.05) is 12.1 Å². The van der Waals surface area contributed by atoms with Crippen molar-refractivity contribution in [3.8, 4) is 0 Å². The number of benzene rings is 1. The second-order valence-corrected chi connectivity index (χ2v) is 5.99. The maximum atomic E-state index is 11.2. The van der Waals surface area contributed by atoms with E-state index in [1.54, 1.807) is 6.08 Å². The number of unbranched alkanes of at least 4 members (excludes halogenated alkanes) is 1. The van der Waals surface area contributed by atoms with E-state index in [1.807, 2.05) is 0 Å². The molecule has 18 heavy (non-hydrogen) atoms. The molecule has 0 aliphatic rings. The van der Waals surface area contributed by atoms with E-state index in [2.05, 4.69) is 6.58 Å². The summed E-state index contributed by atoms with van der Waals surface area (Å²) in [6, 6.07) is 3.67. The number of allylic oxidation sites excluding steroid dienone is 1. The molecule has 5 nitrogen and oxygen atoms in total. The number of rotatable bonds is 6. The lowest BCUT2D eigenvalue weighted by Crippen LogP contribution is -2.05. The van der Waals surface area contributed by atoms with Gasteiger partial charge in [0.1, 0.15) is 0 Å². The normalized spacial score (nSPS) is 13.2. The standard InChI is InChI=1S/C11H14O5S2/c1-2-3-4-5-9-6-7-10(17(12)13)8-11(9)18(14,15)16/h2,6-8H,1,3-5H2,(H,12,13)(H,14,15,16)/p-1. The van der Waals surface area contributed by atoms with Gasteiger partial charge in [-0.2, -0.15) is 8.42 Å². The number of hydrogen-bond acceptors (Lipinski definition) is 4. The minimum absolute atomic E-state index is 0.171. The molecule has 0 bridgehead atoms. The van der Waals surface area contributed by atoms with E-state index in [0.29, 0.717) is 24.8 Å². The van der Waals surface area contributed by atoms with E-state index in [4.69, 9.17) is 4.55 Å². The molecule has 0 aromatic heterocycles. The molecule has 1 aromatic rings. The lowest BCUT2D eigenvalue weighted by atomic mass is 10.1. The van der Waals surface area contributed by atoms with Crippen LogP contribution in [0.2, 0.25) is 0 Å². The van der Waals surface area contributed by atoms with Crippen molar-refractivity contribution in [1.29, 1.82) is 0 Å². The highest BCUT2D eigenvalue weighted by Gasteiger charge is 2.16. The predicted molar refractivity (Wildman–Crippen MR) is 66.6 cm³/mol. The molecule has 0 aliphatic heterocycles. The van der Waals surface area contributed by atoms with Gasteiger partial charge in [0.2, 0.25) is 0 Å². The zero-order valence-electron chi connectivity index (χ0n) is 9.53. The molecule has 7 heteroatoms. The van der Waals surface area contributed by atoms with Gasteiger partial charge in [0.05, 0.1) is 4.90 Å². The molecule has 1 unspecified atom stereocenters. The summed E-state index contributed by atoms with van der Waals surface area (Å²) in [6.45, 7) is 3.55. The Morgan fingerprint density at radius 3 is 2.61 bits per heavy atom. The Labute approximate surface area is 109 Å². The average Bonchev–Trinajstić information content (AvgIpc) is 2.28. The van der Waals surface area contributed by atoms with Crippen LogP contribution in [-0.4, -0.2) is 21.7 Å². The van der Waals surface area contributed by atoms with E-state index in [-0.39, 0.29) is 9.79 Å². The van der Waals surface area contributed by atoms with E-state index < -0.39 is 21.2 Å². The molecule has 0 saturated heterocycles. The minimum atomic E-state index is -4.43. The Morgan fingerprint density at radius 1 is 1.44 bits per heavy atom. The first kappa shape index (κ1) is 15.0. The highest BCUT2D eigenvalue weighted by Crippen LogP contribution is 2.21. The largest absolute Gasteiger partial charge is 0.768 e. The summed E-state index contributed by atoms with van der Waals surface area (Å²) in [7, 11) is -4.43. The lowest BCUT2D eigenvalue weighted by molar-refractivity contribution is 0.481. The summed E-state index contributed by atoms with van der Waals surface area (Å²) < 4.78 is 53.0. The zero-order chi connectivity index (χ0) is 13.8. The van der Waals surface area contributed by atoms with Gasteiger partial charge in [0.25, 0.3) is 10.1 Å². The van der Waals surface area contributed by atoms with Crippen LogP contribution in [0.4, 0.5) is 0 Å². The third kappa shape index (κ3) is 4.02. The molecule has 100 valence electrons. The SMILES string of the molecule is C=CCCCc1ccc(S(=O)[O-])cc1S(=O)(=O)O. The van der Waals surface area contributed by atoms with Crippen molar-refractivity contribution in [2.45, 2.75) is 29.1 Å². The van der Waals surface area contributed by atoms with Crippen LogP contribution < -0.4 is 0 Å². The van der Waals surface area contributed by atoms with Gasteiger partial charge < -0.3 is 4.55 Å². The first-order valence-corrected chi connectivity index (χ1v) is 7.68. The van der Waals surface area contributed by atoms with E-state index in [9.17, 15) is 17.2 Å². The van der Waals surface area contributed by atoms with Crippen LogP contribution in [0.25, 0.3) is 0 Å². The first-order chi connectivity index (χ1) is 8.36.